The van der Waals surface area contributed by atoms with Crippen molar-refractivity contribution in [2.75, 3.05) is 17.3 Å². The van der Waals surface area contributed by atoms with Crippen LogP contribution in [0.1, 0.15) is 38.8 Å². The second-order valence-electron chi connectivity index (χ2n) is 9.05. The fraction of sp³-hybridized carbons (Fsp3) is 0.167. The van der Waals surface area contributed by atoms with Gasteiger partial charge in [0, 0.05) is 22.0 Å². The predicted octanol–water partition coefficient (Wildman–Crippen LogP) is 7.97. The van der Waals surface area contributed by atoms with Crippen molar-refractivity contribution in [2.24, 2.45) is 0 Å². The number of fused-ring (bicyclic) bond motifs is 1. The van der Waals surface area contributed by atoms with Crippen LogP contribution >= 0.6 is 23.2 Å². The molecule has 188 valence electrons. The molecule has 0 saturated heterocycles. The molecule has 5 nitrogen and oxygen atoms in total. The SMILES string of the molecule is COc1ccc([C@@H]2Nc3ccccc3C(=O)N2c2cc(C)cc(C)c2)cc1COc1ccc(Cl)cc1Cl. The summed E-state index contributed by atoms with van der Waals surface area (Å²) < 4.78 is 11.6. The van der Waals surface area contributed by atoms with Gasteiger partial charge in [0.05, 0.1) is 17.7 Å². The number of carbonyl (C=O) groups excluding carboxylic acids is 1. The topological polar surface area (TPSA) is 50.8 Å². The summed E-state index contributed by atoms with van der Waals surface area (Å²) in [6.45, 7) is 4.29. The van der Waals surface area contributed by atoms with E-state index >= 15 is 0 Å². The number of hydrogen-bond donors (Lipinski definition) is 1. The number of nitrogens with zero attached hydrogens (tertiary/aromatic N) is 1. The molecule has 1 amide bonds. The van der Waals surface area contributed by atoms with Crippen molar-refractivity contribution in [2.45, 2.75) is 26.6 Å². The Labute approximate surface area is 226 Å². The lowest BCUT2D eigenvalue weighted by Gasteiger charge is -2.38. The van der Waals surface area contributed by atoms with E-state index in [1.807, 2.05) is 73.3 Å². The van der Waals surface area contributed by atoms with Crippen LogP contribution in [-0.2, 0) is 6.61 Å². The van der Waals surface area contributed by atoms with Crippen molar-refractivity contribution in [1.29, 1.82) is 0 Å². The minimum absolute atomic E-state index is 0.0640. The zero-order valence-corrected chi connectivity index (χ0v) is 22.2. The predicted molar refractivity (Wildman–Crippen MR) is 149 cm³/mol. The number of nitrogens with one attached hydrogen (secondary N) is 1. The Morgan fingerprint density at radius 3 is 2.35 bits per heavy atom. The highest BCUT2D eigenvalue weighted by Gasteiger charge is 2.34. The first-order valence-electron chi connectivity index (χ1n) is 11.9. The van der Waals surface area contributed by atoms with Crippen LogP contribution < -0.4 is 19.7 Å². The number of anilines is 2. The molecule has 1 N–H and O–H groups in total. The second kappa shape index (κ2) is 10.4. The van der Waals surface area contributed by atoms with Gasteiger partial charge in [-0.2, -0.15) is 0 Å². The van der Waals surface area contributed by atoms with Gasteiger partial charge in [0.1, 0.15) is 24.3 Å². The molecule has 0 aromatic heterocycles. The summed E-state index contributed by atoms with van der Waals surface area (Å²) >= 11 is 12.3. The highest BCUT2D eigenvalue weighted by Crippen LogP contribution is 2.39. The summed E-state index contributed by atoms with van der Waals surface area (Å²) in [4.78, 5) is 15.6. The van der Waals surface area contributed by atoms with Crippen molar-refractivity contribution < 1.29 is 14.3 Å². The largest absolute Gasteiger partial charge is 0.496 e. The Bertz CT molecular complexity index is 1470. The Morgan fingerprint density at radius 1 is 0.892 bits per heavy atom. The summed E-state index contributed by atoms with van der Waals surface area (Å²) in [5.74, 6) is 1.13. The number of ether oxygens (including phenoxy) is 2. The fourth-order valence-corrected chi connectivity index (χ4v) is 5.14. The van der Waals surface area contributed by atoms with E-state index in [1.165, 1.54) is 0 Å². The number of methoxy groups -OCH3 is 1. The van der Waals surface area contributed by atoms with Crippen LogP contribution in [0, 0.1) is 13.8 Å². The van der Waals surface area contributed by atoms with Gasteiger partial charge in [0.2, 0.25) is 0 Å². The standard InChI is InChI=1S/C30H26Cl2N2O3/c1-18-12-19(2)14-23(13-18)34-29(33-26-7-5-4-6-24(26)30(34)35)20-8-10-27(36-3)21(15-20)17-37-28-11-9-22(31)16-25(28)32/h4-16,29,33H,17H2,1-3H3/t29-/m1/s1. The van der Waals surface area contributed by atoms with Crippen molar-refractivity contribution in [3.05, 3.63) is 117 Å². The van der Waals surface area contributed by atoms with Gasteiger partial charge in [0.25, 0.3) is 5.91 Å². The smallest absolute Gasteiger partial charge is 0.262 e. The average molecular weight is 533 g/mol. The summed E-state index contributed by atoms with van der Waals surface area (Å²) in [7, 11) is 1.62. The van der Waals surface area contributed by atoms with Gasteiger partial charge in [-0.05, 0) is 85.1 Å². The molecule has 0 aliphatic carbocycles. The molecular weight excluding hydrogens is 507 g/mol. The highest BCUT2D eigenvalue weighted by atomic mass is 35.5. The number of halogens is 2. The van der Waals surface area contributed by atoms with E-state index < -0.39 is 6.17 Å². The van der Waals surface area contributed by atoms with Crippen LogP contribution in [0.5, 0.6) is 11.5 Å². The molecule has 0 unspecified atom stereocenters. The second-order valence-corrected chi connectivity index (χ2v) is 9.89. The summed E-state index contributed by atoms with van der Waals surface area (Å²) in [6, 6.07) is 24.7. The Kier molecular flexibility index (Phi) is 7.00. The third kappa shape index (κ3) is 5.10. The molecule has 0 spiro atoms. The van der Waals surface area contributed by atoms with Gasteiger partial charge < -0.3 is 14.8 Å². The molecule has 1 aliphatic rings. The summed E-state index contributed by atoms with van der Waals surface area (Å²) in [6.07, 6.45) is -0.438. The molecule has 1 aliphatic heterocycles. The van der Waals surface area contributed by atoms with Gasteiger partial charge >= 0.3 is 0 Å². The van der Waals surface area contributed by atoms with Crippen molar-refractivity contribution >= 4 is 40.5 Å². The lowest BCUT2D eigenvalue weighted by Crippen LogP contribution is -2.43. The molecule has 0 fully saturated rings. The molecule has 0 saturated carbocycles. The van der Waals surface area contributed by atoms with E-state index in [0.29, 0.717) is 27.1 Å². The van der Waals surface area contributed by atoms with Gasteiger partial charge in [-0.25, -0.2) is 0 Å². The molecule has 4 aromatic carbocycles. The zero-order valence-electron chi connectivity index (χ0n) is 20.7. The lowest BCUT2D eigenvalue weighted by molar-refractivity contribution is 0.0975. The van der Waals surface area contributed by atoms with Gasteiger partial charge in [-0.1, -0.05) is 47.5 Å². The van der Waals surface area contributed by atoms with E-state index in [0.717, 1.165) is 33.6 Å². The van der Waals surface area contributed by atoms with E-state index in [1.54, 1.807) is 25.3 Å². The maximum absolute atomic E-state index is 13.8. The van der Waals surface area contributed by atoms with Crippen LogP contribution in [0.2, 0.25) is 10.0 Å². The Balaban J connectivity index is 1.55. The lowest BCUT2D eigenvalue weighted by atomic mass is 10.00. The van der Waals surface area contributed by atoms with E-state index in [2.05, 4.69) is 11.4 Å². The first-order chi connectivity index (χ1) is 17.8. The minimum Gasteiger partial charge on any atom is -0.496 e. The quantitative estimate of drug-likeness (QED) is 0.273. The van der Waals surface area contributed by atoms with Gasteiger partial charge in [-0.15, -0.1) is 0 Å². The Hall–Kier alpha value is -3.67. The van der Waals surface area contributed by atoms with Crippen molar-refractivity contribution in [1.82, 2.24) is 0 Å². The van der Waals surface area contributed by atoms with Crippen LogP contribution in [0.25, 0.3) is 0 Å². The van der Waals surface area contributed by atoms with Gasteiger partial charge in [-0.3, -0.25) is 9.69 Å². The molecule has 0 radical (unpaired) electrons. The van der Waals surface area contributed by atoms with E-state index in [4.69, 9.17) is 32.7 Å². The number of benzene rings is 4. The molecule has 4 aromatic rings. The molecule has 5 rings (SSSR count). The summed E-state index contributed by atoms with van der Waals surface area (Å²) in [5, 5.41) is 4.54. The van der Waals surface area contributed by atoms with E-state index in [-0.39, 0.29) is 12.5 Å². The molecule has 7 heteroatoms. The summed E-state index contributed by atoms with van der Waals surface area (Å²) in [5.41, 5.74) is 6.14. The molecule has 37 heavy (non-hydrogen) atoms. The molecular formula is C30H26Cl2N2O3. The number of carbonyl (C=O) groups is 1. The molecule has 1 atom stereocenters. The third-order valence-corrected chi connectivity index (χ3v) is 6.84. The van der Waals surface area contributed by atoms with Crippen LogP contribution in [0.3, 0.4) is 0 Å². The van der Waals surface area contributed by atoms with Crippen LogP contribution in [-0.4, -0.2) is 13.0 Å². The number of para-hydroxylation sites is 1. The Morgan fingerprint density at radius 2 is 1.62 bits per heavy atom. The van der Waals surface area contributed by atoms with Gasteiger partial charge in [0.15, 0.2) is 0 Å². The number of hydrogen-bond acceptors (Lipinski definition) is 4. The zero-order chi connectivity index (χ0) is 26.1. The number of aryl methyl sites for hydroxylation is 2. The number of amides is 1. The first kappa shape index (κ1) is 25.0. The maximum Gasteiger partial charge on any atom is 0.262 e. The third-order valence-electron chi connectivity index (χ3n) is 6.31. The van der Waals surface area contributed by atoms with Crippen LogP contribution in [0.15, 0.2) is 78.9 Å². The normalized spacial score (nSPS) is 14.7. The van der Waals surface area contributed by atoms with Crippen molar-refractivity contribution in [3.63, 3.8) is 0 Å². The van der Waals surface area contributed by atoms with Crippen LogP contribution in [0.4, 0.5) is 11.4 Å². The van der Waals surface area contributed by atoms with Crippen molar-refractivity contribution in [3.8, 4) is 11.5 Å². The fourth-order valence-electron chi connectivity index (χ4n) is 4.67. The molecule has 0 bridgehead atoms. The monoisotopic (exact) mass is 532 g/mol. The first-order valence-corrected chi connectivity index (χ1v) is 12.6. The number of rotatable bonds is 6. The molecule has 1 heterocycles. The maximum atomic E-state index is 13.8. The average Bonchev–Trinajstić information content (AvgIpc) is 2.87. The minimum atomic E-state index is -0.438. The van der Waals surface area contributed by atoms with E-state index in [9.17, 15) is 4.79 Å². The highest BCUT2D eigenvalue weighted by molar-refractivity contribution is 6.35.